The van der Waals surface area contributed by atoms with Gasteiger partial charge in [-0.2, -0.15) is 0 Å². The zero-order valence-electron chi connectivity index (χ0n) is 15.9. The number of nitrogens with one attached hydrogen (secondary N) is 1. The standard InChI is InChI=1S/C23H20N4O2/c1-17-9-8-14-20-22(17)24-16-26(23(20)29)15-21(28)25-27(18-10-4-2-5-11-18)19-12-6-3-7-13-19/h2-14,16H,15H2,1H3,(H,25,28). The van der Waals surface area contributed by atoms with E-state index in [0.29, 0.717) is 10.9 Å². The van der Waals surface area contributed by atoms with Crippen molar-refractivity contribution in [2.24, 2.45) is 0 Å². The molecule has 4 rings (SSSR count). The van der Waals surface area contributed by atoms with Crippen LogP contribution in [0.3, 0.4) is 0 Å². The number of hydrazine groups is 1. The molecule has 4 aromatic rings. The van der Waals surface area contributed by atoms with E-state index in [1.807, 2.05) is 79.7 Å². The highest BCUT2D eigenvalue weighted by Crippen LogP contribution is 2.22. The molecule has 0 spiro atoms. The van der Waals surface area contributed by atoms with Crippen molar-refractivity contribution in [1.82, 2.24) is 15.0 Å². The molecule has 0 unspecified atom stereocenters. The van der Waals surface area contributed by atoms with Gasteiger partial charge in [0.2, 0.25) is 0 Å². The fourth-order valence-electron chi connectivity index (χ4n) is 3.20. The Balaban J connectivity index is 1.62. The summed E-state index contributed by atoms with van der Waals surface area (Å²) in [5.74, 6) is -0.325. The van der Waals surface area contributed by atoms with E-state index in [0.717, 1.165) is 16.9 Å². The Bertz CT molecular complexity index is 1160. The van der Waals surface area contributed by atoms with Crippen LogP contribution in [0.5, 0.6) is 0 Å². The maximum atomic E-state index is 12.8. The van der Waals surface area contributed by atoms with Crippen molar-refractivity contribution in [3.8, 4) is 0 Å². The van der Waals surface area contributed by atoms with Crippen molar-refractivity contribution in [2.75, 3.05) is 5.01 Å². The number of para-hydroxylation sites is 3. The molecule has 0 aliphatic carbocycles. The van der Waals surface area contributed by atoms with Crippen LogP contribution in [0.1, 0.15) is 5.56 Å². The summed E-state index contributed by atoms with van der Waals surface area (Å²) < 4.78 is 1.32. The van der Waals surface area contributed by atoms with E-state index in [4.69, 9.17) is 0 Å². The van der Waals surface area contributed by atoms with E-state index in [1.54, 1.807) is 11.1 Å². The maximum Gasteiger partial charge on any atom is 0.261 e. The topological polar surface area (TPSA) is 67.2 Å². The summed E-state index contributed by atoms with van der Waals surface area (Å²) in [5, 5.41) is 2.20. The molecule has 1 amide bonds. The summed E-state index contributed by atoms with van der Waals surface area (Å²) in [6.07, 6.45) is 1.42. The molecule has 1 aromatic heterocycles. The Labute approximate surface area is 168 Å². The predicted octanol–water partition coefficient (Wildman–Crippen LogP) is 3.57. The summed E-state index contributed by atoms with van der Waals surface area (Å²) in [5.41, 5.74) is 5.86. The lowest BCUT2D eigenvalue weighted by atomic mass is 10.1. The molecule has 0 saturated carbocycles. The number of hydrogen-bond donors (Lipinski definition) is 1. The molecule has 6 nitrogen and oxygen atoms in total. The van der Waals surface area contributed by atoms with Crippen LogP contribution in [0, 0.1) is 6.92 Å². The zero-order valence-corrected chi connectivity index (χ0v) is 15.9. The lowest BCUT2D eigenvalue weighted by Gasteiger charge is -2.25. The van der Waals surface area contributed by atoms with E-state index in [1.165, 1.54) is 10.9 Å². The van der Waals surface area contributed by atoms with Crippen LogP contribution in [0.4, 0.5) is 11.4 Å². The van der Waals surface area contributed by atoms with Gasteiger partial charge in [-0.25, -0.2) is 4.98 Å². The number of amides is 1. The van der Waals surface area contributed by atoms with Gasteiger partial charge in [0, 0.05) is 0 Å². The van der Waals surface area contributed by atoms with Gasteiger partial charge in [-0.15, -0.1) is 0 Å². The molecule has 29 heavy (non-hydrogen) atoms. The van der Waals surface area contributed by atoms with Gasteiger partial charge in [0.15, 0.2) is 0 Å². The molecule has 1 heterocycles. The summed E-state index contributed by atoms with van der Waals surface area (Å²) in [6.45, 7) is 1.77. The average Bonchev–Trinajstić information content (AvgIpc) is 2.76. The molecule has 0 bridgehead atoms. The third kappa shape index (κ3) is 3.87. The molecule has 3 aromatic carbocycles. The minimum Gasteiger partial charge on any atom is -0.289 e. The van der Waals surface area contributed by atoms with Gasteiger partial charge in [0.05, 0.1) is 28.6 Å². The Kier molecular flexibility index (Phi) is 5.07. The number of carbonyl (C=O) groups excluding carboxylic acids is 1. The first-order valence-corrected chi connectivity index (χ1v) is 9.28. The fourth-order valence-corrected chi connectivity index (χ4v) is 3.20. The summed E-state index contributed by atoms with van der Waals surface area (Å²) in [7, 11) is 0. The molecular formula is C23H20N4O2. The Morgan fingerprint density at radius 1 is 0.931 bits per heavy atom. The van der Waals surface area contributed by atoms with Gasteiger partial charge >= 0.3 is 0 Å². The van der Waals surface area contributed by atoms with Crippen LogP contribution < -0.4 is 16.0 Å². The third-order valence-electron chi connectivity index (χ3n) is 4.63. The lowest BCUT2D eigenvalue weighted by Crippen LogP contribution is -2.42. The average molecular weight is 384 g/mol. The first-order chi connectivity index (χ1) is 14.1. The minimum atomic E-state index is -0.325. The van der Waals surface area contributed by atoms with E-state index in [2.05, 4.69) is 10.4 Å². The van der Waals surface area contributed by atoms with E-state index >= 15 is 0 Å². The monoisotopic (exact) mass is 384 g/mol. The Hall–Kier alpha value is -3.93. The first-order valence-electron chi connectivity index (χ1n) is 9.28. The quantitative estimate of drug-likeness (QED) is 0.534. The first kappa shape index (κ1) is 18.4. The van der Waals surface area contributed by atoms with E-state index in [9.17, 15) is 9.59 Å². The third-order valence-corrected chi connectivity index (χ3v) is 4.63. The highest BCUT2D eigenvalue weighted by atomic mass is 16.2. The number of rotatable bonds is 5. The molecule has 0 aliphatic rings. The van der Waals surface area contributed by atoms with Crippen LogP contribution in [0.15, 0.2) is 90.0 Å². The Morgan fingerprint density at radius 3 is 2.17 bits per heavy atom. The minimum absolute atomic E-state index is 0.133. The van der Waals surface area contributed by atoms with Gasteiger partial charge in [-0.1, -0.05) is 48.5 Å². The number of nitrogens with zero attached hydrogens (tertiary/aromatic N) is 3. The normalized spacial score (nSPS) is 10.7. The van der Waals surface area contributed by atoms with Crippen LogP contribution in [-0.4, -0.2) is 15.5 Å². The van der Waals surface area contributed by atoms with Crippen LogP contribution >= 0.6 is 0 Å². The molecule has 0 saturated heterocycles. The summed E-state index contributed by atoms with van der Waals surface area (Å²) in [6, 6.07) is 24.5. The number of carbonyl (C=O) groups is 1. The second-order valence-corrected chi connectivity index (χ2v) is 6.69. The molecule has 6 heteroatoms. The molecular weight excluding hydrogens is 364 g/mol. The van der Waals surface area contributed by atoms with E-state index in [-0.39, 0.29) is 18.0 Å². The maximum absolute atomic E-state index is 12.8. The van der Waals surface area contributed by atoms with Crippen molar-refractivity contribution in [3.63, 3.8) is 0 Å². The van der Waals surface area contributed by atoms with Crippen molar-refractivity contribution < 1.29 is 4.79 Å². The molecule has 0 aliphatic heterocycles. The molecule has 0 radical (unpaired) electrons. The van der Waals surface area contributed by atoms with Crippen LogP contribution in [0.2, 0.25) is 0 Å². The van der Waals surface area contributed by atoms with Crippen molar-refractivity contribution in [2.45, 2.75) is 13.5 Å². The summed E-state index contributed by atoms with van der Waals surface area (Å²) in [4.78, 5) is 29.9. The molecule has 1 N–H and O–H groups in total. The van der Waals surface area contributed by atoms with Crippen molar-refractivity contribution in [1.29, 1.82) is 0 Å². The molecule has 0 fully saturated rings. The number of anilines is 2. The van der Waals surface area contributed by atoms with Crippen LogP contribution in [-0.2, 0) is 11.3 Å². The summed E-state index contributed by atoms with van der Waals surface area (Å²) >= 11 is 0. The molecule has 0 atom stereocenters. The zero-order chi connectivity index (χ0) is 20.2. The second-order valence-electron chi connectivity index (χ2n) is 6.69. The fraction of sp³-hybridized carbons (Fsp3) is 0.0870. The van der Waals surface area contributed by atoms with Gasteiger partial charge in [-0.05, 0) is 42.8 Å². The number of aromatic nitrogens is 2. The molecule has 144 valence electrons. The number of aryl methyl sites for hydroxylation is 1. The van der Waals surface area contributed by atoms with Gasteiger partial charge in [0.1, 0.15) is 6.54 Å². The number of benzene rings is 3. The highest BCUT2D eigenvalue weighted by Gasteiger charge is 2.14. The second kappa shape index (κ2) is 7.98. The van der Waals surface area contributed by atoms with Gasteiger partial charge in [-0.3, -0.25) is 24.6 Å². The van der Waals surface area contributed by atoms with Crippen molar-refractivity contribution >= 4 is 28.2 Å². The number of fused-ring (bicyclic) bond motifs is 1. The Morgan fingerprint density at radius 2 is 1.55 bits per heavy atom. The predicted molar refractivity (Wildman–Crippen MR) is 114 cm³/mol. The highest BCUT2D eigenvalue weighted by molar-refractivity contribution is 5.82. The lowest BCUT2D eigenvalue weighted by molar-refractivity contribution is -0.121. The van der Waals surface area contributed by atoms with Crippen LogP contribution in [0.25, 0.3) is 10.9 Å². The SMILES string of the molecule is Cc1cccc2c(=O)n(CC(=O)NN(c3ccccc3)c3ccccc3)cnc12. The number of hydrogen-bond acceptors (Lipinski definition) is 4. The van der Waals surface area contributed by atoms with E-state index < -0.39 is 0 Å². The smallest absolute Gasteiger partial charge is 0.261 e. The van der Waals surface area contributed by atoms with Gasteiger partial charge < -0.3 is 0 Å². The van der Waals surface area contributed by atoms with Crippen molar-refractivity contribution in [3.05, 3.63) is 101 Å². The van der Waals surface area contributed by atoms with Gasteiger partial charge in [0.25, 0.3) is 11.5 Å². The largest absolute Gasteiger partial charge is 0.289 e.